The van der Waals surface area contributed by atoms with Gasteiger partial charge in [0.05, 0.1) is 11.9 Å². The lowest BCUT2D eigenvalue weighted by molar-refractivity contribution is -0.130. The molecule has 0 aliphatic carbocycles. The van der Waals surface area contributed by atoms with E-state index in [9.17, 15) is 4.79 Å². The van der Waals surface area contributed by atoms with Gasteiger partial charge in [-0.3, -0.25) is 9.78 Å². The molecule has 0 saturated carbocycles. The van der Waals surface area contributed by atoms with Gasteiger partial charge in [0.1, 0.15) is 5.69 Å². The monoisotopic (exact) mass is 299 g/mol. The summed E-state index contributed by atoms with van der Waals surface area (Å²) in [5, 5.41) is 0. The fraction of sp³-hybridized carbons (Fsp3) is 0.500. The van der Waals surface area contributed by atoms with Crippen molar-refractivity contribution in [3.8, 4) is 11.5 Å². The molecule has 1 amide bonds. The van der Waals surface area contributed by atoms with Gasteiger partial charge >= 0.3 is 0 Å². The number of nitrogens with zero attached hydrogens (tertiary/aromatic N) is 4. The van der Waals surface area contributed by atoms with Gasteiger partial charge in [0, 0.05) is 38.1 Å². The number of hydrogen-bond donors (Lipinski definition) is 1. The molecule has 3 rings (SSSR count). The summed E-state index contributed by atoms with van der Waals surface area (Å²) in [4.78, 5) is 29.9. The smallest absolute Gasteiger partial charge is 0.219 e. The van der Waals surface area contributed by atoms with Gasteiger partial charge < -0.3 is 9.88 Å². The number of piperidine rings is 1. The number of carbonyl (C=O) groups excluding carboxylic acids is 1. The molecule has 1 unspecified atom stereocenters. The van der Waals surface area contributed by atoms with E-state index < -0.39 is 0 Å². The zero-order chi connectivity index (χ0) is 15.5. The van der Waals surface area contributed by atoms with Crippen molar-refractivity contribution < 1.29 is 4.79 Å². The molecule has 1 saturated heterocycles. The van der Waals surface area contributed by atoms with Crippen molar-refractivity contribution in [2.75, 3.05) is 13.1 Å². The van der Waals surface area contributed by atoms with E-state index in [0.717, 1.165) is 55.3 Å². The van der Waals surface area contributed by atoms with Gasteiger partial charge in [-0.05, 0) is 32.1 Å². The highest BCUT2D eigenvalue weighted by Gasteiger charge is 2.22. The van der Waals surface area contributed by atoms with Crippen LogP contribution in [0.15, 0.2) is 18.6 Å². The first-order valence-electron chi connectivity index (χ1n) is 7.70. The minimum atomic E-state index is 0.163. The van der Waals surface area contributed by atoms with Gasteiger partial charge in [-0.25, -0.2) is 9.97 Å². The second-order valence-corrected chi connectivity index (χ2v) is 5.99. The van der Waals surface area contributed by atoms with Crippen LogP contribution in [-0.4, -0.2) is 43.8 Å². The summed E-state index contributed by atoms with van der Waals surface area (Å²) in [6, 6.07) is 0. The molecule has 0 radical (unpaired) electrons. The van der Waals surface area contributed by atoms with Crippen LogP contribution in [0.3, 0.4) is 0 Å². The first kappa shape index (κ1) is 14.7. The van der Waals surface area contributed by atoms with Crippen LogP contribution in [0.2, 0.25) is 0 Å². The molecule has 2 aromatic heterocycles. The summed E-state index contributed by atoms with van der Waals surface area (Å²) in [7, 11) is 0. The summed E-state index contributed by atoms with van der Waals surface area (Å²) in [5.41, 5.74) is 2.73. The summed E-state index contributed by atoms with van der Waals surface area (Å²) in [5.74, 6) is 1.37. The number of hydrogen-bond acceptors (Lipinski definition) is 4. The molecule has 1 atom stereocenters. The number of aromatic amines is 1. The van der Waals surface area contributed by atoms with E-state index >= 15 is 0 Å². The molecule has 3 heterocycles. The molecule has 2 aromatic rings. The standard InChI is InChI=1S/C16H21N5O/c1-11-7-18-16(19-11)15-9-17-8-14(20-15)6-13-4-3-5-21(10-13)12(2)22/h7-9,13H,3-6,10H2,1-2H3,(H,18,19). The Hall–Kier alpha value is -2.24. The van der Waals surface area contributed by atoms with Crippen LogP contribution < -0.4 is 0 Å². The molecule has 116 valence electrons. The maximum absolute atomic E-state index is 11.5. The van der Waals surface area contributed by atoms with Crippen molar-refractivity contribution in [2.45, 2.75) is 33.1 Å². The first-order chi connectivity index (χ1) is 10.6. The van der Waals surface area contributed by atoms with Crippen LogP contribution in [0, 0.1) is 12.8 Å². The number of rotatable bonds is 3. The van der Waals surface area contributed by atoms with E-state index in [4.69, 9.17) is 0 Å². The van der Waals surface area contributed by atoms with E-state index in [2.05, 4.69) is 19.9 Å². The third-order valence-electron chi connectivity index (χ3n) is 4.09. The highest BCUT2D eigenvalue weighted by molar-refractivity contribution is 5.73. The Labute approximate surface area is 130 Å². The third kappa shape index (κ3) is 3.32. The maximum Gasteiger partial charge on any atom is 0.219 e. The Morgan fingerprint density at radius 3 is 3.00 bits per heavy atom. The summed E-state index contributed by atoms with van der Waals surface area (Å²) in [6.07, 6.45) is 8.38. The number of amides is 1. The third-order valence-corrected chi connectivity index (χ3v) is 4.09. The van der Waals surface area contributed by atoms with Gasteiger partial charge in [-0.1, -0.05) is 0 Å². The molecule has 1 N–H and O–H groups in total. The van der Waals surface area contributed by atoms with E-state index in [1.807, 2.05) is 18.0 Å². The molecule has 0 bridgehead atoms. The number of H-pyrrole nitrogens is 1. The Kier molecular flexibility index (Phi) is 4.18. The molecule has 1 fully saturated rings. The van der Waals surface area contributed by atoms with E-state index in [1.165, 1.54) is 0 Å². The van der Waals surface area contributed by atoms with E-state index in [0.29, 0.717) is 5.92 Å². The van der Waals surface area contributed by atoms with Crippen molar-refractivity contribution in [1.82, 2.24) is 24.8 Å². The molecule has 22 heavy (non-hydrogen) atoms. The predicted octanol–water partition coefficient (Wildman–Crippen LogP) is 1.98. The number of aryl methyl sites for hydroxylation is 1. The quantitative estimate of drug-likeness (QED) is 0.940. The molecule has 6 heteroatoms. The largest absolute Gasteiger partial charge is 0.343 e. The number of imidazole rings is 1. The van der Waals surface area contributed by atoms with E-state index in [-0.39, 0.29) is 5.91 Å². The van der Waals surface area contributed by atoms with Crippen LogP contribution >= 0.6 is 0 Å². The Morgan fingerprint density at radius 2 is 2.27 bits per heavy atom. The molecule has 1 aliphatic heterocycles. The predicted molar refractivity (Wildman–Crippen MR) is 83.0 cm³/mol. The molecule has 0 aromatic carbocycles. The van der Waals surface area contributed by atoms with Crippen LogP contribution in [-0.2, 0) is 11.2 Å². The van der Waals surface area contributed by atoms with Crippen molar-refractivity contribution in [1.29, 1.82) is 0 Å². The summed E-state index contributed by atoms with van der Waals surface area (Å²) < 4.78 is 0. The van der Waals surface area contributed by atoms with Gasteiger partial charge in [-0.2, -0.15) is 0 Å². The highest BCUT2D eigenvalue weighted by atomic mass is 16.2. The number of aromatic nitrogens is 4. The summed E-state index contributed by atoms with van der Waals surface area (Å²) >= 11 is 0. The Bertz CT molecular complexity index is 666. The zero-order valence-corrected chi connectivity index (χ0v) is 13.0. The van der Waals surface area contributed by atoms with Crippen molar-refractivity contribution in [3.05, 3.63) is 30.0 Å². The second kappa shape index (κ2) is 6.25. The lowest BCUT2D eigenvalue weighted by Gasteiger charge is -2.31. The maximum atomic E-state index is 11.5. The molecular weight excluding hydrogens is 278 g/mol. The van der Waals surface area contributed by atoms with Gasteiger partial charge in [0.15, 0.2) is 5.82 Å². The zero-order valence-electron chi connectivity index (χ0n) is 13.0. The number of carbonyl (C=O) groups is 1. The molecular formula is C16H21N5O. The fourth-order valence-corrected chi connectivity index (χ4v) is 2.98. The minimum absolute atomic E-state index is 0.163. The Morgan fingerprint density at radius 1 is 1.41 bits per heavy atom. The lowest BCUT2D eigenvalue weighted by atomic mass is 9.93. The Balaban J connectivity index is 1.71. The fourth-order valence-electron chi connectivity index (χ4n) is 2.98. The average molecular weight is 299 g/mol. The highest BCUT2D eigenvalue weighted by Crippen LogP contribution is 2.21. The van der Waals surface area contributed by atoms with Gasteiger partial charge in [0.25, 0.3) is 0 Å². The number of likely N-dealkylation sites (tertiary alicyclic amines) is 1. The number of nitrogens with one attached hydrogen (secondary N) is 1. The lowest BCUT2D eigenvalue weighted by Crippen LogP contribution is -2.39. The van der Waals surface area contributed by atoms with Gasteiger partial charge in [0.2, 0.25) is 5.91 Å². The first-order valence-corrected chi connectivity index (χ1v) is 7.70. The van der Waals surface area contributed by atoms with Crippen molar-refractivity contribution in [2.24, 2.45) is 5.92 Å². The van der Waals surface area contributed by atoms with Crippen LogP contribution in [0.25, 0.3) is 11.5 Å². The molecule has 0 spiro atoms. The SMILES string of the molecule is CC(=O)N1CCCC(Cc2cncc(-c3ncc(C)[nH]3)n2)C1. The topological polar surface area (TPSA) is 74.8 Å². The van der Waals surface area contributed by atoms with Crippen LogP contribution in [0.5, 0.6) is 0 Å². The second-order valence-electron chi connectivity index (χ2n) is 5.99. The normalized spacial score (nSPS) is 18.5. The van der Waals surface area contributed by atoms with Crippen LogP contribution in [0.1, 0.15) is 31.2 Å². The van der Waals surface area contributed by atoms with Crippen molar-refractivity contribution in [3.63, 3.8) is 0 Å². The molecule has 1 aliphatic rings. The minimum Gasteiger partial charge on any atom is -0.343 e. The average Bonchev–Trinajstić information content (AvgIpc) is 2.94. The van der Waals surface area contributed by atoms with E-state index in [1.54, 1.807) is 19.3 Å². The van der Waals surface area contributed by atoms with Gasteiger partial charge in [-0.15, -0.1) is 0 Å². The van der Waals surface area contributed by atoms with Crippen LogP contribution in [0.4, 0.5) is 0 Å². The summed E-state index contributed by atoms with van der Waals surface area (Å²) in [6.45, 7) is 5.30. The van der Waals surface area contributed by atoms with Crippen molar-refractivity contribution >= 4 is 5.91 Å². The molecule has 6 nitrogen and oxygen atoms in total.